The molecule has 0 aliphatic carbocycles. The molecule has 1 aromatic carbocycles. The molecule has 6 heteroatoms. The summed E-state index contributed by atoms with van der Waals surface area (Å²) in [7, 11) is 0. The second kappa shape index (κ2) is 6.86. The predicted molar refractivity (Wildman–Crippen MR) is 81.5 cm³/mol. The summed E-state index contributed by atoms with van der Waals surface area (Å²) >= 11 is 4.77. The molecule has 1 aromatic rings. The second-order valence-electron chi connectivity index (χ2n) is 5.46. The Balaban J connectivity index is 2.34. The monoisotopic (exact) mass is 332 g/mol. The van der Waals surface area contributed by atoms with Crippen molar-refractivity contribution in [1.29, 1.82) is 0 Å². The van der Waals surface area contributed by atoms with Crippen molar-refractivity contribution in [3.8, 4) is 0 Å². The normalized spacial score (nSPS) is 24.9. The van der Waals surface area contributed by atoms with Gasteiger partial charge in [-0.15, -0.1) is 0 Å². The first-order valence-electron chi connectivity index (χ1n) is 7.42. The van der Waals surface area contributed by atoms with Crippen LogP contribution in [-0.4, -0.2) is 17.5 Å². The third-order valence-electron chi connectivity index (χ3n) is 3.86. The number of thiocarbonyl (C=S) groups is 1. The van der Waals surface area contributed by atoms with E-state index in [1.807, 2.05) is 0 Å². The minimum absolute atomic E-state index is 0.224. The zero-order chi connectivity index (χ0) is 16.2. The lowest BCUT2D eigenvalue weighted by Crippen LogP contribution is -2.46. The highest BCUT2D eigenvalue weighted by Crippen LogP contribution is 2.47. The highest BCUT2D eigenvalue weighted by atomic mass is 32.1. The van der Waals surface area contributed by atoms with Crippen LogP contribution in [0.1, 0.15) is 44.6 Å². The van der Waals surface area contributed by atoms with Crippen LogP contribution in [0.4, 0.5) is 13.2 Å². The molecule has 1 heterocycles. The number of hydrogen-bond acceptors (Lipinski definition) is 3. The number of unbranched alkanes of at least 4 members (excludes halogenated alkanes) is 3. The van der Waals surface area contributed by atoms with E-state index in [4.69, 9.17) is 21.7 Å². The molecule has 0 saturated carbocycles. The Labute approximate surface area is 133 Å². The van der Waals surface area contributed by atoms with E-state index in [-0.39, 0.29) is 6.42 Å². The summed E-state index contributed by atoms with van der Waals surface area (Å²) in [6, 6.07) is 8.42. The van der Waals surface area contributed by atoms with Crippen molar-refractivity contribution in [2.45, 2.75) is 56.9 Å². The van der Waals surface area contributed by atoms with Crippen LogP contribution in [0.25, 0.3) is 0 Å². The Bertz CT molecular complexity index is 504. The van der Waals surface area contributed by atoms with Gasteiger partial charge in [0.25, 0.3) is 0 Å². The lowest BCUT2D eigenvalue weighted by molar-refractivity contribution is -0.224. The van der Waals surface area contributed by atoms with Gasteiger partial charge in [0, 0.05) is 12.2 Å². The van der Waals surface area contributed by atoms with Crippen molar-refractivity contribution in [2.24, 2.45) is 0 Å². The SMILES string of the molecule is CCCCCC[C@]1(c2ccccc2)OC(=S)O[C@@H]1C(F)(F)F. The largest absolute Gasteiger partial charge is 0.441 e. The molecule has 0 spiro atoms. The van der Waals surface area contributed by atoms with Crippen molar-refractivity contribution in [2.75, 3.05) is 0 Å². The van der Waals surface area contributed by atoms with Gasteiger partial charge in [0.05, 0.1) is 0 Å². The molecule has 2 nitrogen and oxygen atoms in total. The molecular weight excluding hydrogens is 313 g/mol. The summed E-state index contributed by atoms with van der Waals surface area (Å²) in [5, 5.41) is -0.429. The zero-order valence-corrected chi connectivity index (χ0v) is 13.2. The maximum absolute atomic E-state index is 13.4. The molecule has 0 N–H and O–H groups in total. The Morgan fingerprint density at radius 3 is 2.41 bits per heavy atom. The number of ether oxygens (including phenoxy) is 2. The van der Waals surface area contributed by atoms with Gasteiger partial charge in [0.15, 0.2) is 5.60 Å². The fraction of sp³-hybridized carbons (Fsp3) is 0.562. The number of hydrogen-bond donors (Lipinski definition) is 0. The highest BCUT2D eigenvalue weighted by Gasteiger charge is 2.62. The molecule has 0 amide bonds. The maximum atomic E-state index is 13.4. The molecule has 2 rings (SSSR count). The highest BCUT2D eigenvalue weighted by molar-refractivity contribution is 7.79. The predicted octanol–water partition coefficient (Wildman–Crippen LogP) is 5.11. The molecule has 1 aliphatic heterocycles. The molecule has 0 aromatic heterocycles. The average molecular weight is 332 g/mol. The number of benzene rings is 1. The lowest BCUT2D eigenvalue weighted by atomic mass is 9.83. The Kier molecular flexibility index (Phi) is 5.32. The van der Waals surface area contributed by atoms with Gasteiger partial charge in [-0.25, -0.2) is 0 Å². The van der Waals surface area contributed by atoms with E-state index >= 15 is 0 Å². The molecular formula is C16H19F3O2S. The van der Waals surface area contributed by atoms with Crippen LogP contribution in [0.5, 0.6) is 0 Å². The maximum Gasteiger partial charge on any atom is 0.429 e. The molecule has 0 radical (unpaired) electrons. The van der Waals surface area contributed by atoms with E-state index < -0.39 is 23.1 Å². The standard InChI is InChI=1S/C16H19F3O2S/c1-2-3-4-8-11-15(12-9-6-5-7-10-12)13(16(17,18)19)20-14(22)21-15/h5-7,9-10,13H,2-4,8,11H2,1H3/t13-,15+/m0/s1. The van der Waals surface area contributed by atoms with Crippen LogP contribution < -0.4 is 0 Å². The van der Waals surface area contributed by atoms with Crippen LogP contribution in [0, 0.1) is 0 Å². The molecule has 1 aliphatic rings. The van der Waals surface area contributed by atoms with Crippen molar-refractivity contribution in [3.63, 3.8) is 0 Å². The molecule has 2 atom stereocenters. The number of rotatable bonds is 6. The van der Waals surface area contributed by atoms with Crippen LogP contribution in [0.3, 0.4) is 0 Å². The van der Waals surface area contributed by atoms with Crippen LogP contribution >= 0.6 is 12.2 Å². The molecule has 0 unspecified atom stereocenters. The summed E-state index contributed by atoms with van der Waals surface area (Å²) in [6.07, 6.45) is -2.91. The lowest BCUT2D eigenvalue weighted by Gasteiger charge is -2.32. The second-order valence-corrected chi connectivity index (χ2v) is 5.79. The van der Waals surface area contributed by atoms with Gasteiger partial charge in [-0.05, 0) is 18.4 Å². The third-order valence-corrected chi connectivity index (χ3v) is 4.04. The van der Waals surface area contributed by atoms with E-state index in [9.17, 15) is 13.2 Å². The summed E-state index contributed by atoms with van der Waals surface area (Å²) in [5.41, 5.74) is -1.13. The summed E-state index contributed by atoms with van der Waals surface area (Å²) < 4.78 is 50.6. The topological polar surface area (TPSA) is 18.5 Å². The Morgan fingerprint density at radius 1 is 1.14 bits per heavy atom. The molecule has 122 valence electrons. The van der Waals surface area contributed by atoms with Crippen molar-refractivity contribution in [3.05, 3.63) is 35.9 Å². The minimum Gasteiger partial charge on any atom is -0.441 e. The fourth-order valence-electron chi connectivity index (χ4n) is 2.82. The first kappa shape index (κ1) is 17.1. The van der Waals surface area contributed by atoms with Gasteiger partial charge in [-0.2, -0.15) is 13.2 Å². The van der Waals surface area contributed by atoms with Gasteiger partial charge in [-0.3, -0.25) is 0 Å². The van der Waals surface area contributed by atoms with Gasteiger partial charge in [-0.1, -0.05) is 56.5 Å². The van der Waals surface area contributed by atoms with E-state index in [1.165, 1.54) is 0 Å². The minimum atomic E-state index is -4.54. The third kappa shape index (κ3) is 3.54. The van der Waals surface area contributed by atoms with Crippen molar-refractivity contribution in [1.82, 2.24) is 0 Å². The molecule has 1 saturated heterocycles. The fourth-order valence-corrected chi connectivity index (χ4v) is 3.07. The van der Waals surface area contributed by atoms with E-state index in [0.29, 0.717) is 12.0 Å². The first-order chi connectivity index (χ1) is 10.4. The van der Waals surface area contributed by atoms with Crippen LogP contribution in [0.15, 0.2) is 30.3 Å². The summed E-state index contributed by atoms with van der Waals surface area (Å²) in [6.45, 7) is 2.05. The summed E-state index contributed by atoms with van der Waals surface area (Å²) in [4.78, 5) is 0. The molecule has 0 bridgehead atoms. The van der Waals surface area contributed by atoms with Gasteiger partial charge < -0.3 is 9.47 Å². The van der Waals surface area contributed by atoms with Crippen LogP contribution in [-0.2, 0) is 15.1 Å². The van der Waals surface area contributed by atoms with E-state index in [2.05, 4.69) is 6.92 Å². The first-order valence-corrected chi connectivity index (χ1v) is 7.83. The zero-order valence-electron chi connectivity index (χ0n) is 12.4. The Morgan fingerprint density at radius 2 is 1.82 bits per heavy atom. The molecule has 1 fully saturated rings. The number of alkyl halides is 3. The van der Waals surface area contributed by atoms with Crippen molar-refractivity contribution < 1.29 is 22.6 Å². The summed E-state index contributed by atoms with van der Waals surface area (Å²) in [5.74, 6) is 0. The van der Waals surface area contributed by atoms with Crippen LogP contribution in [0.2, 0.25) is 0 Å². The number of halogens is 3. The van der Waals surface area contributed by atoms with E-state index in [1.54, 1.807) is 30.3 Å². The smallest absolute Gasteiger partial charge is 0.429 e. The average Bonchev–Trinajstić information content (AvgIpc) is 2.83. The molecule has 22 heavy (non-hydrogen) atoms. The Hall–Kier alpha value is -1.30. The van der Waals surface area contributed by atoms with E-state index in [0.717, 1.165) is 19.3 Å². The van der Waals surface area contributed by atoms with Crippen molar-refractivity contribution >= 4 is 17.5 Å². The van der Waals surface area contributed by atoms with Gasteiger partial charge >= 0.3 is 11.4 Å². The quantitative estimate of drug-likeness (QED) is 0.532. The van der Waals surface area contributed by atoms with Gasteiger partial charge in [0.2, 0.25) is 6.10 Å². The van der Waals surface area contributed by atoms with Gasteiger partial charge in [0.1, 0.15) is 0 Å².